The minimum absolute atomic E-state index is 0.307. The molecule has 0 bridgehead atoms. The molecule has 10 heteroatoms. The number of halogens is 1. The Morgan fingerprint density at radius 2 is 1.19 bits per heavy atom. The van der Waals surface area contributed by atoms with Gasteiger partial charge in [0.15, 0.2) is 0 Å². The Hall–Kier alpha value is -1.13. The van der Waals surface area contributed by atoms with Crippen molar-refractivity contribution in [3.8, 4) is 0 Å². The predicted octanol–water partition coefficient (Wildman–Crippen LogP) is 6.55. The summed E-state index contributed by atoms with van der Waals surface area (Å²) >= 11 is 19.4. The zero-order chi connectivity index (χ0) is 27.2. The molecule has 2 aliphatic rings. The van der Waals surface area contributed by atoms with Gasteiger partial charge in [-0.05, 0) is 52.1 Å². The van der Waals surface area contributed by atoms with Gasteiger partial charge in [-0.3, -0.25) is 9.59 Å². The summed E-state index contributed by atoms with van der Waals surface area (Å²) in [6, 6.07) is 0. The lowest BCUT2D eigenvalue weighted by molar-refractivity contribution is -0.144. The van der Waals surface area contributed by atoms with E-state index in [1.807, 2.05) is 50.3 Å². The Balaban J connectivity index is 0.000000360. The standard InChI is InChI=1S/C13H18ClNOS2.C13H19NO2S2/c1-3-15(4-2)12(17)18-10-13(11(14)16)8-6-5-7-9-13;1-3-14(4-2)12(17)18-10-13(11(15)16)8-6-5-7-9-13/h5-8H,3-4,9-10H2,1-2H3;5-8H,3-4,9-10H2,1-2H3,(H,15,16). The Kier molecular flexibility index (Phi) is 15.2. The summed E-state index contributed by atoms with van der Waals surface area (Å²) in [5, 5.41) is 9.09. The SMILES string of the molecule is CCN(CC)C(=S)SCC1(C(=O)Cl)C=CC=CC1.CCN(CC)C(=S)SCC1(C(=O)O)C=CC=CC1. The van der Waals surface area contributed by atoms with Crippen LogP contribution in [0.4, 0.5) is 0 Å². The van der Waals surface area contributed by atoms with Crippen molar-refractivity contribution in [1.29, 1.82) is 0 Å². The molecule has 200 valence electrons. The molecule has 2 aliphatic carbocycles. The second kappa shape index (κ2) is 16.7. The van der Waals surface area contributed by atoms with E-state index in [1.54, 1.807) is 12.2 Å². The van der Waals surface area contributed by atoms with Crippen LogP contribution in [0.5, 0.6) is 0 Å². The number of thiocarbonyl (C=S) groups is 2. The van der Waals surface area contributed by atoms with Crippen molar-refractivity contribution >= 4 is 79.4 Å². The van der Waals surface area contributed by atoms with Gasteiger partial charge in [0, 0.05) is 37.7 Å². The zero-order valence-corrected chi connectivity index (χ0v) is 25.5. The van der Waals surface area contributed by atoms with Crippen molar-refractivity contribution in [3.63, 3.8) is 0 Å². The lowest BCUT2D eigenvalue weighted by atomic mass is 9.84. The minimum Gasteiger partial charge on any atom is -0.481 e. The van der Waals surface area contributed by atoms with Crippen molar-refractivity contribution in [2.24, 2.45) is 10.8 Å². The number of carboxylic acids is 1. The monoisotopic (exact) mass is 588 g/mol. The second-order valence-corrected chi connectivity index (χ2v) is 11.9. The first-order chi connectivity index (χ1) is 17.1. The van der Waals surface area contributed by atoms with Crippen LogP contribution in [0.3, 0.4) is 0 Å². The number of carboxylic acid groups (broad SMARTS) is 1. The van der Waals surface area contributed by atoms with Gasteiger partial charge in [0.2, 0.25) is 5.24 Å². The lowest BCUT2D eigenvalue weighted by Gasteiger charge is -2.28. The summed E-state index contributed by atoms with van der Waals surface area (Å²) in [5.41, 5.74) is -1.41. The molecule has 0 heterocycles. The molecule has 2 rings (SSSR count). The zero-order valence-electron chi connectivity index (χ0n) is 21.4. The van der Waals surface area contributed by atoms with E-state index >= 15 is 0 Å². The Labute approximate surface area is 240 Å². The van der Waals surface area contributed by atoms with Crippen molar-refractivity contribution in [3.05, 3.63) is 48.6 Å². The molecule has 0 aliphatic heterocycles. The van der Waals surface area contributed by atoms with E-state index in [9.17, 15) is 14.7 Å². The Morgan fingerprint density at radius 3 is 1.50 bits per heavy atom. The third-order valence-corrected chi connectivity index (χ3v) is 9.99. The van der Waals surface area contributed by atoms with Crippen molar-refractivity contribution in [1.82, 2.24) is 9.80 Å². The summed E-state index contributed by atoms with van der Waals surface area (Å²) in [6.45, 7) is 11.7. The van der Waals surface area contributed by atoms with Gasteiger partial charge in [-0.25, -0.2) is 0 Å². The molecule has 1 N–H and O–H groups in total. The van der Waals surface area contributed by atoms with Gasteiger partial charge < -0.3 is 14.9 Å². The first-order valence-electron chi connectivity index (χ1n) is 12.1. The molecule has 0 fully saturated rings. The maximum atomic E-state index is 11.7. The number of aliphatic carboxylic acids is 1. The van der Waals surface area contributed by atoms with E-state index in [-0.39, 0.29) is 5.24 Å². The van der Waals surface area contributed by atoms with Crippen LogP contribution >= 0.6 is 59.6 Å². The van der Waals surface area contributed by atoms with Crippen LogP contribution in [-0.2, 0) is 9.59 Å². The highest BCUT2D eigenvalue weighted by Gasteiger charge is 2.36. The highest BCUT2D eigenvalue weighted by atomic mass is 35.5. The van der Waals surface area contributed by atoms with E-state index in [0.29, 0.717) is 24.3 Å². The average molecular weight is 589 g/mol. The quantitative estimate of drug-likeness (QED) is 0.226. The number of rotatable bonds is 10. The highest BCUT2D eigenvalue weighted by molar-refractivity contribution is 8.23. The molecule has 0 spiro atoms. The van der Waals surface area contributed by atoms with Gasteiger partial charge in [0.05, 0.1) is 10.8 Å². The van der Waals surface area contributed by atoms with E-state index in [2.05, 4.69) is 23.6 Å². The van der Waals surface area contributed by atoms with Crippen LogP contribution in [0.15, 0.2) is 48.6 Å². The number of hydrogen-bond donors (Lipinski definition) is 1. The van der Waals surface area contributed by atoms with Gasteiger partial charge in [-0.1, -0.05) is 96.6 Å². The highest BCUT2D eigenvalue weighted by Crippen LogP contribution is 2.35. The minimum atomic E-state index is -0.809. The molecule has 0 radical (unpaired) electrons. The fraction of sp³-hybridized carbons (Fsp3) is 0.538. The lowest BCUT2D eigenvalue weighted by Crippen LogP contribution is -2.34. The van der Waals surface area contributed by atoms with Crippen LogP contribution in [-0.4, -0.2) is 72.4 Å². The molecule has 0 aromatic carbocycles. The number of allylic oxidation sites excluding steroid dienone is 7. The smallest absolute Gasteiger partial charge is 0.314 e. The molecule has 0 aromatic heterocycles. The van der Waals surface area contributed by atoms with E-state index < -0.39 is 16.8 Å². The number of thioether (sulfide) groups is 2. The first kappa shape index (κ1) is 32.9. The molecular weight excluding hydrogens is 552 g/mol. The molecular formula is C26H37ClN2O3S4. The molecule has 0 saturated carbocycles. The molecule has 36 heavy (non-hydrogen) atoms. The van der Waals surface area contributed by atoms with Crippen LogP contribution in [0.25, 0.3) is 0 Å². The second-order valence-electron chi connectivity index (χ2n) is 8.33. The number of carbonyl (C=O) groups is 2. The molecule has 0 saturated heterocycles. The number of nitrogens with zero attached hydrogens (tertiary/aromatic N) is 2. The van der Waals surface area contributed by atoms with Crippen LogP contribution in [0.1, 0.15) is 40.5 Å². The fourth-order valence-electron chi connectivity index (χ4n) is 3.49. The molecule has 2 atom stereocenters. The third-order valence-electron chi connectivity index (χ3n) is 6.06. The van der Waals surface area contributed by atoms with Gasteiger partial charge in [0.25, 0.3) is 0 Å². The third kappa shape index (κ3) is 9.63. The van der Waals surface area contributed by atoms with Crippen LogP contribution < -0.4 is 0 Å². The molecule has 0 amide bonds. The topological polar surface area (TPSA) is 60.9 Å². The maximum Gasteiger partial charge on any atom is 0.314 e. The van der Waals surface area contributed by atoms with Gasteiger partial charge in [-0.2, -0.15) is 0 Å². The van der Waals surface area contributed by atoms with Crippen LogP contribution in [0, 0.1) is 10.8 Å². The van der Waals surface area contributed by atoms with E-state index in [4.69, 9.17) is 36.0 Å². The predicted molar refractivity (Wildman–Crippen MR) is 165 cm³/mol. The van der Waals surface area contributed by atoms with E-state index in [1.165, 1.54) is 23.5 Å². The molecule has 2 unspecified atom stereocenters. The summed E-state index contributed by atoms with van der Waals surface area (Å²) in [5.74, 6) is 0.308. The maximum absolute atomic E-state index is 11.7. The van der Waals surface area contributed by atoms with Gasteiger partial charge in [0.1, 0.15) is 8.64 Å². The Morgan fingerprint density at radius 1 is 0.806 bits per heavy atom. The fourth-order valence-corrected chi connectivity index (χ4v) is 6.98. The van der Waals surface area contributed by atoms with E-state index in [0.717, 1.165) is 34.8 Å². The summed E-state index contributed by atoms with van der Waals surface area (Å²) in [4.78, 5) is 27.3. The number of hydrogen-bond acceptors (Lipinski definition) is 6. The van der Waals surface area contributed by atoms with Crippen molar-refractivity contribution in [2.45, 2.75) is 40.5 Å². The number of carbonyl (C=O) groups excluding carboxylic acids is 1. The summed E-state index contributed by atoms with van der Waals surface area (Å²) in [6.07, 6.45) is 16.2. The van der Waals surface area contributed by atoms with Crippen molar-refractivity contribution < 1.29 is 14.7 Å². The van der Waals surface area contributed by atoms with Crippen LogP contribution in [0.2, 0.25) is 0 Å². The first-order valence-corrected chi connectivity index (χ1v) is 15.2. The summed E-state index contributed by atoms with van der Waals surface area (Å²) < 4.78 is 1.61. The molecule has 0 aromatic rings. The van der Waals surface area contributed by atoms with Gasteiger partial charge in [-0.15, -0.1) is 0 Å². The Bertz CT molecular complexity index is 826. The largest absolute Gasteiger partial charge is 0.481 e. The van der Waals surface area contributed by atoms with Crippen molar-refractivity contribution in [2.75, 3.05) is 37.7 Å². The van der Waals surface area contributed by atoms with Gasteiger partial charge >= 0.3 is 5.97 Å². The average Bonchev–Trinajstić information content (AvgIpc) is 2.89. The molecule has 5 nitrogen and oxygen atoms in total. The summed E-state index contributed by atoms with van der Waals surface area (Å²) in [7, 11) is 0. The normalized spacial score (nSPS) is 21.9.